The molecule has 0 fully saturated rings. The molecule has 0 spiro atoms. The van der Waals surface area contributed by atoms with E-state index in [-0.39, 0.29) is 0 Å². The van der Waals surface area contributed by atoms with E-state index < -0.39 is 0 Å². The maximum Gasteiger partial charge on any atom is 0.234 e. The Hall–Kier alpha value is -1.34. The molecular formula is C10H16N6S. The number of aromatic nitrogens is 5. The largest absolute Gasteiger partial charge is 0.308 e. The average Bonchev–Trinajstić information content (AvgIpc) is 2.82. The molecule has 17 heavy (non-hydrogen) atoms. The first kappa shape index (κ1) is 12.1. The van der Waals surface area contributed by atoms with Crippen LogP contribution < -0.4 is 5.32 Å². The van der Waals surface area contributed by atoms with Crippen molar-refractivity contribution >= 4 is 11.3 Å². The molecule has 2 aromatic rings. The Morgan fingerprint density at radius 2 is 2.06 bits per heavy atom. The van der Waals surface area contributed by atoms with Gasteiger partial charge in [0.1, 0.15) is 16.7 Å². The Kier molecular flexibility index (Phi) is 3.49. The van der Waals surface area contributed by atoms with E-state index in [0.29, 0.717) is 6.04 Å². The van der Waals surface area contributed by atoms with Crippen molar-refractivity contribution in [2.45, 2.75) is 40.3 Å². The van der Waals surface area contributed by atoms with E-state index in [1.54, 1.807) is 4.68 Å². The molecule has 0 amide bonds. The first-order valence-corrected chi connectivity index (χ1v) is 6.34. The molecule has 0 atom stereocenters. The van der Waals surface area contributed by atoms with Gasteiger partial charge in [0, 0.05) is 12.6 Å². The summed E-state index contributed by atoms with van der Waals surface area (Å²) in [5.41, 5.74) is 0. The summed E-state index contributed by atoms with van der Waals surface area (Å²) in [6.45, 7) is 8.72. The van der Waals surface area contributed by atoms with Crippen molar-refractivity contribution < 1.29 is 0 Å². The first-order chi connectivity index (χ1) is 8.06. The summed E-state index contributed by atoms with van der Waals surface area (Å²) in [5, 5.41) is 17.6. The van der Waals surface area contributed by atoms with Gasteiger partial charge < -0.3 is 5.32 Å². The van der Waals surface area contributed by atoms with Crippen LogP contribution in [0.4, 0.5) is 0 Å². The van der Waals surface area contributed by atoms with Crippen molar-refractivity contribution in [1.82, 2.24) is 30.3 Å². The monoisotopic (exact) mass is 252 g/mol. The standard InChI is InChI=1S/C10H16N6S/c1-6(2)11-5-9-13-14-10(17-9)16-8(4)12-7(3)15-16/h6,11H,5H2,1-4H3. The predicted molar refractivity (Wildman–Crippen MR) is 66.3 cm³/mol. The van der Waals surface area contributed by atoms with Gasteiger partial charge in [0.05, 0.1) is 0 Å². The molecule has 0 unspecified atom stereocenters. The zero-order valence-electron chi connectivity index (χ0n) is 10.4. The Morgan fingerprint density at radius 1 is 1.29 bits per heavy atom. The van der Waals surface area contributed by atoms with Crippen LogP contribution in [0.3, 0.4) is 0 Å². The molecular weight excluding hydrogens is 236 g/mol. The van der Waals surface area contributed by atoms with E-state index in [0.717, 1.165) is 28.3 Å². The van der Waals surface area contributed by atoms with Crippen LogP contribution in [0, 0.1) is 13.8 Å². The third kappa shape index (κ3) is 2.86. The number of nitrogens with zero attached hydrogens (tertiary/aromatic N) is 5. The summed E-state index contributed by atoms with van der Waals surface area (Å²) in [4.78, 5) is 4.25. The smallest absolute Gasteiger partial charge is 0.234 e. The zero-order chi connectivity index (χ0) is 12.4. The molecule has 0 saturated heterocycles. The second kappa shape index (κ2) is 4.89. The molecule has 6 nitrogen and oxygen atoms in total. The lowest BCUT2D eigenvalue weighted by molar-refractivity contribution is 0.584. The van der Waals surface area contributed by atoms with Gasteiger partial charge in [0.15, 0.2) is 0 Å². The van der Waals surface area contributed by atoms with Gasteiger partial charge in [-0.15, -0.1) is 15.3 Å². The fraction of sp³-hybridized carbons (Fsp3) is 0.600. The number of aryl methyl sites for hydroxylation is 2. The lowest BCUT2D eigenvalue weighted by atomic mass is 10.4. The minimum atomic E-state index is 0.442. The molecule has 0 aromatic carbocycles. The average molecular weight is 252 g/mol. The summed E-state index contributed by atoms with van der Waals surface area (Å²) in [6.07, 6.45) is 0. The lowest BCUT2D eigenvalue weighted by Crippen LogP contribution is -2.21. The second-order valence-corrected chi connectivity index (χ2v) is 5.17. The van der Waals surface area contributed by atoms with Crippen LogP contribution in [0.1, 0.15) is 30.5 Å². The van der Waals surface area contributed by atoms with Crippen LogP contribution in [0.25, 0.3) is 5.13 Å². The molecule has 1 N–H and O–H groups in total. The highest BCUT2D eigenvalue weighted by Gasteiger charge is 2.10. The van der Waals surface area contributed by atoms with Crippen molar-refractivity contribution in [2.24, 2.45) is 0 Å². The quantitative estimate of drug-likeness (QED) is 0.886. The molecule has 7 heteroatoms. The summed E-state index contributed by atoms with van der Waals surface area (Å²) in [7, 11) is 0. The fourth-order valence-electron chi connectivity index (χ4n) is 1.40. The van der Waals surface area contributed by atoms with Crippen LogP contribution in [-0.2, 0) is 6.54 Å². The van der Waals surface area contributed by atoms with Crippen LogP contribution in [0.5, 0.6) is 0 Å². The molecule has 92 valence electrons. The van der Waals surface area contributed by atoms with Crippen LogP contribution in [-0.4, -0.2) is 31.0 Å². The van der Waals surface area contributed by atoms with Crippen molar-refractivity contribution in [3.63, 3.8) is 0 Å². The van der Waals surface area contributed by atoms with E-state index in [9.17, 15) is 0 Å². The molecule has 0 aliphatic rings. The normalized spacial score (nSPS) is 11.4. The highest BCUT2D eigenvalue weighted by molar-refractivity contribution is 7.13. The van der Waals surface area contributed by atoms with Gasteiger partial charge in [-0.05, 0) is 13.8 Å². The van der Waals surface area contributed by atoms with E-state index in [4.69, 9.17) is 0 Å². The van der Waals surface area contributed by atoms with Gasteiger partial charge in [-0.25, -0.2) is 4.98 Å². The molecule has 0 bridgehead atoms. The molecule has 0 saturated carbocycles. The second-order valence-electron chi connectivity index (χ2n) is 4.13. The minimum absolute atomic E-state index is 0.442. The topological polar surface area (TPSA) is 68.5 Å². The van der Waals surface area contributed by atoms with Gasteiger partial charge >= 0.3 is 0 Å². The van der Waals surface area contributed by atoms with Crippen molar-refractivity contribution in [3.8, 4) is 5.13 Å². The van der Waals surface area contributed by atoms with Gasteiger partial charge in [0.25, 0.3) is 0 Å². The van der Waals surface area contributed by atoms with Crippen LogP contribution in [0.15, 0.2) is 0 Å². The highest BCUT2D eigenvalue weighted by atomic mass is 32.1. The summed E-state index contributed by atoms with van der Waals surface area (Å²) in [6, 6.07) is 0.442. The Morgan fingerprint density at radius 3 is 2.65 bits per heavy atom. The molecule has 0 radical (unpaired) electrons. The molecule has 2 aromatic heterocycles. The maximum atomic E-state index is 4.28. The zero-order valence-corrected chi connectivity index (χ0v) is 11.2. The summed E-state index contributed by atoms with van der Waals surface area (Å²) in [5.74, 6) is 1.58. The van der Waals surface area contributed by atoms with E-state index in [2.05, 4.69) is 39.4 Å². The van der Waals surface area contributed by atoms with Crippen LogP contribution in [0.2, 0.25) is 0 Å². The molecule has 0 aliphatic heterocycles. The molecule has 2 heterocycles. The van der Waals surface area contributed by atoms with Gasteiger partial charge in [-0.1, -0.05) is 25.2 Å². The van der Waals surface area contributed by atoms with Gasteiger partial charge in [-0.3, -0.25) is 0 Å². The van der Waals surface area contributed by atoms with E-state index >= 15 is 0 Å². The van der Waals surface area contributed by atoms with Crippen molar-refractivity contribution in [3.05, 3.63) is 16.7 Å². The maximum absolute atomic E-state index is 4.28. The van der Waals surface area contributed by atoms with E-state index in [1.165, 1.54) is 11.3 Å². The third-order valence-electron chi connectivity index (χ3n) is 2.17. The predicted octanol–water partition coefficient (Wildman–Crippen LogP) is 1.23. The van der Waals surface area contributed by atoms with E-state index in [1.807, 2.05) is 13.8 Å². The third-order valence-corrected chi connectivity index (χ3v) is 3.07. The number of hydrogen-bond donors (Lipinski definition) is 1. The molecule has 0 aliphatic carbocycles. The molecule has 2 rings (SSSR count). The number of rotatable bonds is 4. The number of nitrogens with one attached hydrogen (secondary N) is 1. The summed E-state index contributed by atoms with van der Waals surface area (Å²) >= 11 is 1.53. The SMILES string of the molecule is Cc1nc(C)n(-c2nnc(CNC(C)C)s2)n1. The van der Waals surface area contributed by atoms with Crippen molar-refractivity contribution in [1.29, 1.82) is 0 Å². The highest BCUT2D eigenvalue weighted by Crippen LogP contribution is 2.15. The van der Waals surface area contributed by atoms with Crippen LogP contribution >= 0.6 is 11.3 Å². The van der Waals surface area contributed by atoms with Gasteiger partial charge in [0.2, 0.25) is 5.13 Å². The lowest BCUT2D eigenvalue weighted by Gasteiger charge is -2.03. The van der Waals surface area contributed by atoms with Gasteiger partial charge in [-0.2, -0.15) is 4.68 Å². The Balaban J connectivity index is 2.15. The summed E-state index contributed by atoms with van der Waals surface area (Å²) < 4.78 is 1.73. The first-order valence-electron chi connectivity index (χ1n) is 5.52. The Labute approximate surface area is 104 Å². The fourth-order valence-corrected chi connectivity index (χ4v) is 2.18. The minimum Gasteiger partial charge on any atom is -0.308 e. The van der Waals surface area contributed by atoms with Crippen molar-refractivity contribution in [2.75, 3.05) is 0 Å². The number of hydrogen-bond acceptors (Lipinski definition) is 6. The Bertz CT molecular complexity index is 501.